The van der Waals surface area contributed by atoms with Crippen molar-refractivity contribution in [2.24, 2.45) is 5.73 Å². The van der Waals surface area contributed by atoms with Gasteiger partial charge >= 0.3 is 0 Å². The van der Waals surface area contributed by atoms with E-state index in [0.29, 0.717) is 5.56 Å². The first-order valence-corrected chi connectivity index (χ1v) is 4.42. The second-order valence-electron chi connectivity index (χ2n) is 3.72. The smallest absolute Gasteiger partial charge is 0.0991 e. The lowest BCUT2D eigenvalue weighted by molar-refractivity contribution is 0.209. The van der Waals surface area contributed by atoms with Gasteiger partial charge in [0.1, 0.15) is 0 Å². The van der Waals surface area contributed by atoms with E-state index in [4.69, 9.17) is 16.1 Å². The van der Waals surface area contributed by atoms with Crippen LogP contribution in [0.2, 0.25) is 0 Å². The van der Waals surface area contributed by atoms with Gasteiger partial charge in [-0.2, -0.15) is 5.26 Å². The van der Waals surface area contributed by atoms with E-state index in [1.165, 1.54) is 0 Å². The molecule has 1 atom stereocenters. The maximum absolute atomic E-state index is 9.13. The Morgan fingerprint density at radius 2 is 2.21 bits per heavy atom. The van der Waals surface area contributed by atoms with Crippen LogP contribution < -0.4 is 5.73 Å². The predicted molar refractivity (Wildman–Crippen MR) is 54.5 cm³/mol. The van der Waals surface area contributed by atoms with Crippen LogP contribution in [0.3, 0.4) is 0 Å². The van der Waals surface area contributed by atoms with Gasteiger partial charge in [-0.1, -0.05) is 6.07 Å². The normalized spacial score (nSPS) is 14.5. The summed E-state index contributed by atoms with van der Waals surface area (Å²) in [5, 5.41) is 17.9. The molecule has 1 aromatic carbocycles. The zero-order valence-corrected chi connectivity index (χ0v) is 8.41. The Hall–Kier alpha value is -1.37. The van der Waals surface area contributed by atoms with Gasteiger partial charge in [0.25, 0.3) is 0 Å². The highest BCUT2D eigenvalue weighted by Gasteiger charge is 2.22. The van der Waals surface area contributed by atoms with Crippen LogP contribution in [0.4, 0.5) is 0 Å². The van der Waals surface area contributed by atoms with Crippen molar-refractivity contribution in [2.75, 3.05) is 6.61 Å². The van der Waals surface area contributed by atoms with Gasteiger partial charge in [-0.25, -0.2) is 0 Å². The number of benzene rings is 1. The van der Waals surface area contributed by atoms with Gasteiger partial charge in [0.15, 0.2) is 0 Å². The lowest BCUT2D eigenvalue weighted by Crippen LogP contribution is -2.37. The van der Waals surface area contributed by atoms with Crippen LogP contribution in [0.25, 0.3) is 0 Å². The van der Waals surface area contributed by atoms with Crippen molar-refractivity contribution in [3.05, 3.63) is 34.9 Å². The fraction of sp³-hybridized carbons (Fsp3) is 0.364. The molecule has 0 aliphatic heterocycles. The number of nitriles is 1. The molecule has 0 radical (unpaired) electrons. The Balaban J connectivity index is 3.27. The van der Waals surface area contributed by atoms with Gasteiger partial charge in [-0.3, -0.25) is 0 Å². The van der Waals surface area contributed by atoms with E-state index < -0.39 is 5.54 Å². The Labute approximate surface area is 83.8 Å². The molecule has 0 heterocycles. The third kappa shape index (κ3) is 1.92. The minimum Gasteiger partial charge on any atom is -0.394 e. The summed E-state index contributed by atoms with van der Waals surface area (Å²) in [6, 6.07) is 7.37. The van der Waals surface area contributed by atoms with E-state index in [-0.39, 0.29) is 6.61 Å². The minimum atomic E-state index is -0.781. The molecule has 0 bridgehead atoms. The summed E-state index contributed by atoms with van der Waals surface area (Å²) >= 11 is 0. The molecule has 0 aliphatic rings. The van der Waals surface area contributed by atoms with E-state index in [1.54, 1.807) is 19.1 Å². The average molecular weight is 190 g/mol. The largest absolute Gasteiger partial charge is 0.394 e. The molecule has 0 unspecified atom stereocenters. The number of nitrogens with zero attached hydrogens (tertiary/aromatic N) is 1. The number of hydrogen-bond acceptors (Lipinski definition) is 3. The molecule has 0 spiro atoms. The number of aliphatic hydroxyl groups is 1. The topological polar surface area (TPSA) is 70.0 Å². The molecule has 0 aromatic heterocycles. The van der Waals surface area contributed by atoms with E-state index in [0.717, 1.165) is 11.1 Å². The summed E-state index contributed by atoms with van der Waals surface area (Å²) in [5.74, 6) is 0. The summed E-state index contributed by atoms with van der Waals surface area (Å²) in [7, 11) is 0. The monoisotopic (exact) mass is 190 g/mol. The first-order chi connectivity index (χ1) is 6.51. The maximum atomic E-state index is 9.13. The fourth-order valence-electron chi connectivity index (χ4n) is 1.39. The number of nitrogens with two attached hydrogens (primary N) is 1. The lowest BCUT2D eigenvalue weighted by atomic mass is 9.89. The van der Waals surface area contributed by atoms with Crippen molar-refractivity contribution in [1.29, 1.82) is 5.26 Å². The van der Waals surface area contributed by atoms with Gasteiger partial charge < -0.3 is 10.8 Å². The Morgan fingerprint density at radius 3 is 2.71 bits per heavy atom. The quantitative estimate of drug-likeness (QED) is 0.731. The van der Waals surface area contributed by atoms with E-state index in [9.17, 15) is 0 Å². The van der Waals surface area contributed by atoms with Gasteiger partial charge in [-0.05, 0) is 37.1 Å². The SMILES string of the molecule is Cc1ccc(C#N)cc1[C@](C)(N)CO. The number of aryl methyl sites for hydroxylation is 1. The third-order valence-corrected chi connectivity index (χ3v) is 2.31. The molecule has 74 valence electrons. The highest BCUT2D eigenvalue weighted by Crippen LogP contribution is 2.22. The Bertz CT molecular complexity index is 377. The highest BCUT2D eigenvalue weighted by atomic mass is 16.3. The summed E-state index contributed by atoms with van der Waals surface area (Å²) in [6.45, 7) is 3.52. The molecule has 3 heteroatoms. The molecule has 1 rings (SSSR count). The van der Waals surface area contributed by atoms with Crippen LogP contribution in [0.1, 0.15) is 23.6 Å². The van der Waals surface area contributed by atoms with Crippen molar-refractivity contribution in [3.8, 4) is 6.07 Å². The van der Waals surface area contributed by atoms with Gasteiger partial charge in [-0.15, -0.1) is 0 Å². The van der Waals surface area contributed by atoms with Gasteiger partial charge in [0.2, 0.25) is 0 Å². The van der Waals surface area contributed by atoms with E-state index >= 15 is 0 Å². The summed E-state index contributed by atoms with van der Waals surface area (Å²) < 4.78 is 0. The summed E-state index contributed by atoms with van der Waals surface area (Å²) in [4.78, 5) is 0. The van der Waals surface area contributed by atoms with Gasteiger partial charge in [0.05, 0.1) is 23.8 Å². The predicted octanol–water partition coefficient (Wildman–Crippen LogP) is 1.03. The lowest BCUT2D eigenvalue weighted by Gasteiger charge is -2.24. The number of rotatable bonds is 2. The molecular weight excluding hydrogens is 176 g/mol. The fourth-order valence-corrected chi connectivity index (χ4v) is 1.39. The first-order valence-electron chi connectivity index (χ1n) is 4.42. The van der Waals surface area contributed by atoms with Gasteiger partial charge in [0, 0.05) is 0 Å². The average Bonchev–Trinajstić information content (AvgIpc) is 2.18. The summed E-state index contributed by atoms with van der Waals surface area (Å²) in [6.07, 6.45) is 0. The molecule has 0 amide bonds. The Morgan fingerprint density at radius 1 is 1.57 bits per heavy atom. The molecule has 0 saturated heterocycles. The minimum absolute atomic E-state index is 0.136. The molecule has 3 N–H and O–H groups in total. The van der Waals surface area contributed by atoms with Crippen molar-refractivity contribution in [1.82, 2.24) is 0 Å². The Kier molecular flexibility index (Phi) is 2.90. The standard InChI is InChI=1S/C11H14N2O/c1-8-3-4-9(6-12)5-10(8)11(2,13)7-14/h3-5,14H,7,13H2,1-2H3/t11-/m1/s1. The second kappa shape index (κ2) is 3.79. The maximum Gasteiger partial charge on any atom is 0.0991 e. The third-order valence-electron chi connectivity index (χ3n) is 2.31. The zero-order valence-electron chi connectivity index (χ0n) is 8.41. The highest BCUT2D eigenvalue weighted by molar-refractivity contribution is 5.41. The van der Waals surface area contributed by atoms with E-state index in [2.05, 4.69) is 6.07 Å². The van der Waals surface area contributed by atoms with Crippen molar-refractivity contribution >= 4 is 0 Å². The molecular formula is C11H14N2O. The van der Waals surface area contributed by atoms with Crippen LogP contribution in [-0.2, 0) is 5.54 Å². The molecule has 0 aliphatic carbocycles. The first kappa shape index (κ1) is 10.7. The van der Waals surface area contributed by atoms with Crippen molar-refractivity contribution < 1.29 is 5.11 Å². The summed E-state index contributed by atoms with van der Waals surface area (Å²) in [5.41, 5.74) is 7.49. The second-order valence-corrected chi connectivity index (χ2v) is 3.72. The van der Waals surface area contributed by atoms with Crippen LogP contribution in [0.15, 0.2) is 18.2 Å². The van der Waals surface area contributed by atoms with Crippen LogP contribution >= 0.6 is 0 Å². The van der Waals surface area contributed by atoms with E-state index in [1.807, 2.05) is 13.0 Å². The molecule has 1 aromatic rings. The number of hydrogen-bond donors (Lipinski definition) is 2. The van der Waals surface area contributed by atoms with Crippen LogP contribution in [-0.4, -0.2) is 11.7 Å². The molecule has 14 heavy (non-hydrogen) atoms. The van der Waals surface area contributed by atoms with Crippen molar-refractivity contribution in [3.63, 3.8) is 0 Å². The molecule has 0 saturated carbocycles. The van der Waals surface area contributed by atoms with Crippen molar-refractivity contribution in [2.45, 2.75) is 19.4 Å². The van der Waals surface area contributed by atoms with Crippen LogP contribution in [0.5, 0.6) is 0 Å². The zero-order chi connectivity index (χ0) is 10.8. The molecule has 0 fully saturated rings. The molecule has 3 nitrogen and oxygen atoms in total. The van der Waals surface area contributed by atoms with Crippen LogP contribution in [0, 0.1) is 18.3 Å². The number of aliphatic hydroxyl groups excluding tert-OH is 1.